The number of benzene rings is 2. The van der Waals surface area contributed by atoms with Gasteiger partial charge < -0.3 is 20.5 Å². The highest BCUT2D eigenvalue weighted by Gasteiger charge is 2.27. The van der Waals surface area contributed by atoms with Crippen LogP contribution in [0.5, 0.6) is 5.75 Å². The summed E-state index contributed by atoms with van der Waals surface area (Å²) in [6, 6.07) is 10.0. The van der Waals surface area contributed by atoms with Crippen LogP contribution in [0.4, 0.5) is 5.69 Å². The number of nitrogens with one attached hydrogen (secondary N) is 2. The van der Waals surface area contributed by atoms with Crippen molar-refractivity contribution in [2.75, 3.05) is 38.2 Å². The van der Waals surface area contributed by atoms with Crippen LogP contribution in [-0.2, 0) is 19.6 Å². The van der Waals surface area contributed by atoms with E-state index in [1.807, 2.05) is 0 Å². The molecule has 1 fully saturated rings. The first-order valence-electron chi connectivity index (χ1n) is 9.52. The van der Waals surface area contributed by atoms with E-state index in [0.717, 1.165) is 0 Å². The van der Waals surface area contributed by atoms with Crippen LogP contribution >= 0.6 is 11.6 Å². The molecule has 9 nitrogen and oxygen atoms in total. The van der Waals surface area contributed by atoms with Gasteiger partial charge >= 0.3 is 0 Å². The number of carbonyl (C=O) groups excluding carboxylic acids is 2. The smallest absolute Gasteiger partial charge is 0.251 e. The maximum absolute atomic E-state index is 12.8. The Morgan fingerprint density at radius 1 is 1.10 bits per heavy atom. The van der Waals surface area contributed by atoms with Gasteiger partial charge in [0.15, 0.2) is 0 Å². The van der Waals surface area contributed by atoms with Gasteiger partial charge in [-0.1, -0.05) is 11.6 Å². The quantitative estimate of drug-likeness (QED) is 0.533. The highest BCUT2D eigenvalue weighted by molar-refractivity contribution is 7.89. The Kier molecular flexibility index (Phi) is 7.50. The van der Waals surface area contributed by atoms with Crippen LogP contribution < -0.4 is 10.6 Å². The van der Waals surface area contributed by atoms with Gasteiger partial charge in [0.2, 0.25) is 15.9 Å². The number of halogens is 1. The number of aromatic hydroxyl groups is 1. The normalized spacial score (nSPS) is 14.7. The molecule has 166 valence electrons. The van der Waals surface area contributed by atoms with E-state index in [9.17, 15) is 23.1 Å². The number of anilines is 1. The number of rotatable bonds is 7. The first-order chi connectivity index (χ1) is 14.8. The third-order valence-corrected chi connectivity index (χ3v) is 6.74. The maximum Gasteiger partial charge on any atom is 0.251 e. The lowest BCUT2D eigenvalue weighted by Gasteiger charge is -2.26. The highest BCUT2D eigenvalue weighted by Crippen LogP contribution is 2.28. The number of hydrogen-bond acceptors (Lipinski definition) is 6. The van der Waals surface area contributed by atoms with Crippen LogP contribution in [0.2, 0.25) is 5.02 Å². The number of ether oxygens (including phenoxy) is 1. The monoisotopic (exact) mass is 467 g/mol. The molecule has 3 N–H and O–H groups in total. The fourth-order valence-corrected chi connectivity index (χ4v) is 4.48. The van der Waals surface area contributed by atoms with Crippen LogP contribution in [0.3, 0.4) is 0 Å². The van der Waals surface area contributed by atoms with E-state index >= 15 is 0 Å². The molecule has 1 saturated heterocycles. The number of phenols is 1. The number of carbonyl (C=O) groups is 2. The molecule has 3 rings (SSSR count). The molecule has 0 spiro atoms. The standard InChI is InChI=1S/C20H22ClN3O6S/c21-15-3-1-14(2-4-15)20(27)22-8-7-19(26)23-17-13-16(5-6-18(17)25)31(28,29)24-9-11-30-12-10-24/h1-6,13,25H,7-12H2,(H,22,27)(H,23,26). The summed E-state index contributed by atoms with van der Waals surface area (Å²) < 4.78 is 32.0. The second-order valence-electron chi connectivity index (χ2n) is 6.76. The zero-order valence-electron chi connectivity index (χ0n) is 16.5. The zero-order chi connectivity index (χ0) is 22.4. The molecular weight excluding hydrogens is 446 g/mol. The molecule has 1 aliphatic heterocycles. The molecule has 2 aromatic rings. The molecule has 0 aromatic heterocycles. The largest absolute Gasteiger partial charge is 0.506 e. The molecule has 0 radical (unpaired) electrons. The topological polar surface area (TPSA) is 125 Å². The first kappa shape index (κ1) is 23.0. The molecule has 0 bridgehead atoms. The van der Waals surface area contributed by atoms with Crippen LogP contribution in [0, 0.1) is 0 Å². The molecule has 0 atom stereocenters. The Hall–Kier alpha value is -2.66. The van der Waals surface area contributed by atoms with E-state index in [2.05, 4.69) is 10.6 Å². The van der Waals surface area contributed by atoms with Crippen molar-refractivity contribution in [3.05, 3.63) is 53.1 Å². The van der Waals surface area contributed by atoms with Crippen LogP contribution in [0.15, 0.2) is 47.4 Å². The van der Waals surface area contributed by atoms with Gasteiger partial charge in [0, 0.05) is 36.6 Å². The van der Waals surface area contributed by atoms with Crippen molar-refractivity contribution in [3.8, 4) is 5.75 Å². The van der Waals surface area contributed by atoms with Gasteiger partial charge in [0.25, 0.3) is 5.91 Å². The fourth-order valence-electron chi connectivity index (χ4n) is 2.92. The summed E-state index contributed by atoms with van der Waals surface area (Å²) in [6.45, 7) is 1.14. The van der Waals surface area contributed by atoms with Crippen LogP contribution in [0.25, 0.3) is 0 Å². The second kappa shape index (κ2) is 10.1. The molecule has 11 heteroatoms. The molecule has 2 amide bonds. The summed E-state index contributed by atoms with van der Waals surface area (Å²) in [7, 11) is -3.77. The van der Waals surface area contributed by atoms with Gasteiger partial charge in [-0.15, -0.1) is 0 Å². The molecule has 0 aliphatic carbocycles. The lowest BCUT2D eigenvalue weighted by Crippen LogP contribution is -2.40. The van der Waals surface area contributed by atoms with Gasteiger partial charge in [0.05, 0.1) is 23.8 Å². The second-order valence-corrected chi connectivity index (χ2v) is 9.13. The Balaban J connectivity index is 1.58. The number of nitrogens with zero attached hydrogens (tertiary/aromatic N) is 1. The Labute approximate surface area is 185 Å². The number of phenolic OH excluding ortho intramolecular Hbond substituents is 1. The minimum Gasteiger partial charge on any atom is -0.506 e. The van der Waals surface area contributed by atoms with Gasteiger partial charge in [-0.05, 0) is 42.5 Å². The van der Waals surface area contributed by atoms with Gasteiger partial charge in [-0.2, -0.15) is 4.31 Å². The molecule has 0 unspecified atom stereocenters. The van der Waals surface area contributed by atoms with Gasteiger partial charge in [-0.3, -0.25) is 9.59 Å². The predicted octanol–water partition coefficient (Wildman–Crippen LogP) is 1.83. The predicted molar refractivity (Wildman–Crippen MR) is 115 cm³/mol. The zero-order valence-corrected chi connectivity index (χ0v) is 18.1. The Morgan fingerprint density at radius 3 is 2.45 bits per heavy atom. The number of hydrogen-bond donors (Lipinski definition) is 3. The van der Waals surface area contributed by atoms with E-state index in [4.69, 9.17) is 16.3 Å². The lowest BCUT2D eigenvalue weighted by molar-refractivity contribution is -0.116. The average molecular weight is 468 g/mol. The summed E-state index contributed by atoms with van der Waals surface area (Å²) in [5.74, 6) is -1.11. The van der Waals surface area contributed by atoms with E-state index in [1.54, 1.807) is 24.3 Å². The number of sulfonamides is 1. The van der Waals surface area contributed by atoms with Crippen molar-refractivity contribution < 1.29 is 27.9 Å². The van der Waals surface area contributed by atoms with E-state index in [0.29, 0.717) is 23.8 Å². The van der Waals surface area contributed by atoms with E-state index in [-0.39, 0.29) is 48.3 Å². The minimum atomic E-state index is -3.77. The Bertz CT molecular complexity index is 1050. The molecule has 1 heterocycles. The summed E-state index contributed by atoms with van der Waals surface area (Å²) in [5, 5.41) is 15.6. The van der Waals surface area contributed by atoms with Crippen molar-refractivity contribution in [1.82, 2.24) is 9.62 Å². The van der Waals surface area contributed by atoms with Gasteiger partial charge in [0.1, 0.15) is 5.75 Å². The average Bonchev–Trinajstić information content (AvgIpc) is 2.76. The third kappa shape index (κ3) is 5.95. The first-order valence-corrected chi connectivity index (χ1v) is 11.3. The number of amides is 2. The van der Waals surface area contributed by atoms with E-state index < -0.39 is 15.9 Å². The molecule has 0 saturated carbocycles. The molecule has 2 aromatic carbocycles. The Morgan fingerprint density at radius 2 is 1.77 bits per heavy atom. The minimum absolute atomic E-state index is 0.0247. The lowest BCUT2D eigenvalue weighted by atomic mass is 10.2. The maximum atomic E-state index is 12.8. The van der Waals surface area contributed by atoms with Crippen molar-refractivity contribution in [2.45, 2.75) is 11.3 Å². The van der Waals surface area contributed by atoms with Crippen LogP contribution in [0.1, 0.15) is 16.8 Å². The third-order valence-electron chi connectivity index (χ3n) is 4.59. The summed E-state index contributed by atoms with van der Waals surface area (Å²) in [4.78, 5) is 24.2. The van der Waals surface area contributed by atoms with Crippen molar-refractivity contribution >= 4 is 39.1 Å². The van der Waals surface area contributed by atoms with Gasteiger partial charge in [-0.25, -0.2) is 8.42 Å². The molecule has 1 aliphatic rings. The van der Waals surface area contributed by atoms with Crippen LogP contribution in [-0.4, -0.2) is 62.5 Å². The SMILES string of the molecule is O=C(CCNC(=O)c1ccc(Cl)cc1)Nc1cc(S(=O)(=O)N2CCOCC2)ccc1O. The summed E-state index contributed by atoms with van der Waals surface area (Å²) >= 11 is 5.78. The summed E-state index contributed by atoms with van der Waals surface area (Å²) in [6.07, 6.45) is -0.0702. The highest BCUT2D eigenvalue weighted by atomic mass is 35.5. The van der Waals surface area contributed by atoms with Crippen molar-refractivity contribution in [1.29, 1.82) is 0 Å². The number of morpholine rings is 1. The van der Waals surface area contributed by atoms with E-state index in [1.165, 1.54) is 22.5 Å². The van der Waals surface area contributed by atoms with Crippen molar-refractivity contribution in [3.63, 3.8) is 0 Å². The molecular formula is C20H22ClN3O6S. The fraction of sp³-hybridized carbons (Fsp3) is 0.300. The molecule has 31 heavy (non-hydrogen) atoms. The summed E-state index contributed by atoms with van der Waals surface area (Å²) in [5.41, 5.74) is 0.381. The van der Waals surface area contributed by atoms with Crippen molar-refractivity contribution in [2.24, 2.45) is 0 Å².